The van der Waals surface area contributed by atoms with Crippen molar-refractivity contribution in [3.05, 3.63) is 33.4 Å². The molecule has 1 unspecified atom stereocenters. The van der Waals surface area contributed by atoms with E-state index in [4.69, 9.17) is 23.2 Å². The van der Waals surface area contributed by atoms with E-state index in [0.29, 0.717) is 22.9 Å². The van der Waals surface area contributed by atoms with Crippen LogP contribution >= 0.6 is 23.2 Å². The van der Waals surface area contributed by atoms with E-state index < -0.39 is 11.4 Å². The van der Waals surface area contributed by atoms with Gasteiger partial charge in [0.2, 0.25) is 0 Å². The van der Waals surface area contributed by atoms with E-state index in [2.05, 4.69) is 4.98 Å². The van der Waals surface area contributed by atoms with Gasteiger partial charge in [-0.25, -0.2) is 0 Å². The number of carbonyl (C=O) groups is 1. The van der Waals surface area contributed by atoms with Crippen molar-refractivity contribution in [3.8, 4) is 0 Å². The third-order valence-corrected chi connectivity index (χ3v) is 5.11. The van der Waals surface area contributed by atoms with Crippen LogP contribution in [-0.2, 0) is 16.6 Å². The summed E-state index contributed by atoms with van der Waals surface area (Å²) in [7, 11) is 0. The predicted octanol–water partition coefficient (Wildman–Crippen LogP) is 4.54. The molecule has 1 aromatic heterocycles. The van der Waals surface area contributed by atoms with Crippen LogP contribution in [0.15, 0.2) is 12.1 Å². The molecule has 1 aliphatic rings. The number of hydrogen-bond acceptors (Lipinski definition) is 1. The van der Waals surface area contributed by atoms with Gasteiger partial charge in [0.25, 0.3) is 0 Å². The van der Waals surface area contributed by atoms with Gasteiger partial charge < -0.3 is 10.1 Å². The van der Waals surface area contributed by atoms with Gasteiger partial charge in [0.05, 0.1) is 15.6 Å². The summed E-state index contributed by atoms with van der Waals surface area (Å²) in [4.78, 5) is 15.1. The molecule has 0 amide bonds. The number of H-pyrrole nitrogens is 1. The van der Waals surface area contributed by atoms with E-state index in [0.717, 1.165) is 35.0 Å². The van der Waals surface area contributed by atoms with E-state index in [1.54, 1.807) is 12.1 Å². The van der Waals surface area contributed by atoms with Gasteiger partial charge in [-0.2, -0.15) is 0 Å². The summed E-state index contributed by atoms with van der Waals surface area (Å²) >= 11 is 12.5. The van der Waals surface area contributed by atoms with Crippen molar-refractivity contribution in [1.82, 2.24) is 4.98 Å². The highest BCUT2D eigenvalue weighted by atomic mass is 35.5. The van der Waals surface area contributed by atoms with E-state index in [-0.39, 0.29) is 0 Å². The second kappa shape index (κ2) is 4.68. The lowest BCUT2D eigenvalue weighted by molar-refractivity contribution is -0.144. The molecule has 3 nitrogen and oxygen atoms in total. The predicted molar refractivity (Wildman–Crippen MR) is 80.9 cm³/mol. The molecule has 0 bridgehead atoms. The summed E-state index contributed by atoms with van der Waals surface area (Å²) in [6.07, 6.45) is 2.89. The minimum atomic E-state index is -0.848. The highest BCUT2D eigenvalue weighted by Gasteiger charge is 2.44. The van der Waals surface area contributed by atoms with Crippen molar-refractivity contribution in [2.45, 2.75) is 38.0 Å². The number of benzene rings is 1. The Morgan fingerprint density at radius 3 is 2.75 bits per heavy atom. The van der Waals surface area contributed by atoms with Crippen LogP contribution in [0, 0.1) is 0 Å². The van der Waals surface area contributed by atoms with Crippen LogP contribution in [0.3, 0.4) is 0 Å². The zero-order valence-corrected chi connectivity index (χ0v) is 12.6. The number of halogens is 2. The molecular weight excluding hydrogens is 297 g/mol. The minimum absolute atomic E-state index is 0.553. The largest absolute Gasteiger partial charge is 0.481 e. The van der Waals surface area contributed by atoms with E-state index in [1.807, 2.05) is 6.92 Å². The Kier molecular flexibility index (Phi) is 3.22. The van der Waals surface area contributed by atoms with Crippen LogP contribution in [0.25, 0.3) is 10.9 Å². The Morgan fingerprint density at radius 2 is 2.10 bits per heavy atom. The maximum Gasteiger partial charge on any atom is 0.315 e. The number of carboxylic acids is 1. The second-order valence-electron chi connectivity index (χ2n) is 5.35. The van der Waals surface area contributed by atoms with Crippen LogP contribution in [0.5, 0.6) is 0 Å². The third kappa shape index (κ3) is 1.69. The molecule has 2 N–H and O–H groups in total. The maximum atomic E-state index is 11.8. The molecule has 1 aliphatic carbocycles. The standard InChI is InChI=1S/C15H15Cl2NO2/c1-2-15(14(19)20)7-3-4-8-11-9(16)5-6-10(17)12(11)18-13(8)15/h5-6,18H,2-4,7H2,1H3,(H,19,20). The number of nitrogens with one attached hydrogen (secondary N) is 1. The lowest BCUT2D eigenvalue weighted by Gasteiger charge is -2.32. The molecule has 0 aliphatic heterocycles. The fraction of sp³-hybridized carbons (Fsp3) is 0.400. The normalized spacial score (nSPS) is 21.9. The molecule has 1 heterocycles. The molecule has 0 fully saturated rings. The second-order valence-corrected chi connectivity index (χ2v) is 6.17. The fourth-order valence-electron chi connectivity index (χ4n) is 3.36. The molecule has 106 valence electrons. The zero-order valence-electron chi connectivity index (χ0n) is 11.1. The number of rotatable bonds is 2. The maximum absolute atomic E-state index is 11.8. The van der Waals surface area contributed by atoms with Crippen molar-refractivity contribution in [2.75, 3.05) is 0 Å². The Morgan fingerprint density at radius 1 is 1.40 bits per heavy atom. The van der Waals surface area contributed by atoms with Crippen molar-refractivity contribution in [2.24, 2.45) is 0 Å². The molecule has 2 aromatic rings. The molecule has 0 spiro atoms. The number of aryl methyl sites for hydroxylation is 1. The van der Waals surface area contributed by atoms with Crippen LogP contribution in [-0.4, -0.2) is 16.1 Å². The third-order valence-electron chi connectivity index (χ3n) is 4.48. The Labute approximate surface area is 126 Å². The van der Waals surface area contributed by atoms with E-state index in [1.165, 1.54) is 0 Å². The van der Waals surface area contributed by atoms with Gasteiger partial charge in [-0.05, 0) is 43.4 Å². The summed E-state index contributed by atoms with van der Waals surface area (Å²) in [6, 6.07) is 3.51. The molecule has 1 atom stereocenters. The molecule has 0 saturated heterocycles. The number of fused-ring (bicyclic) bond motifs is 3. The number of hydrogen-bond donors (Lipinski definition) is 2. The monoisotopic (exact) mass is 311 g/mol. The smallest absolute Gasteiger partial charge is 0.315 e. The van der Waals surface area contributed by atoms with E-state index in [9.17, 15) is 9.90 Å². The van der Waals surface area contributed by atoms with Gasteiger partial charge in [-0.15, -0.1) is 0 Å². The topological polar surface area (TPSA) is 53.1 Å². The van der Waals surface area contributed by atoms with E-state index >= 15 is 0 Å². The average Bonchev–Trinajstić information content (AvgIpc) is 2.83. The summed E-state index contributed by atoms with van der Waals surface area (Å²) in [5, 5.41) is 11.8. The highest BCUT2D eigenvalue weighted by Crippen LogP contribution is 2.45. The van der Waals surface area contributed by atoms with Crippen molar-refractivity contribution in [3.63, 3.8) is 0 Å². The number of aromatic amines is 1. The number of aromatic nitrogens is 1. The molecule has 5 heteroatoms. The SMILES string of the molecule is CCC1(C(=O)O)CCCc2c1[nH]c1c(Cl)ccc(Cl)c21. The summed E-state index contributed by atoms with van der Waals surface area (Å²) in [6.45, 7) is 1.91. The van der Waals surface area contributed by atoms with Crippen molar-refractivity contribution < 1.29 is 9.90 Å². The molecule has 3 rings (SSSR count). The lowest BCUT2D eigenvalue weighted by atomic mass is 9.71. The zero-order chi connectivity index (χ0) is 14.5. The van der Waals surface area contributed by atoms with Crippen molar-refractivity contribution in [1.29, 1.82) is 0 Å². The van der Waals surface area contributed by atoms with Crippen molar-refractivity contribution >= 4 is 40.1 Å². The number of aliphatic carboxylic acids is 1. The van der Waals surface area contributed by atoms with Crippen LogP contribution in [0.1, 0.15) is 37.4 Å². The molecule has 0 radical (unpaired) electrons. The number of carboxylic acid groups (broad SMARTS) is 1. The summed E-state index contributed by atoms with van der Waals surface area (Å²) in [5.41, 5.74) is 1.70. The fourth-order valence-corrected chi connectivity index (χ4v) is 3.84. The minimum Gasteiger partial charge on any atom is -0.481 e. The van der Waals surface area contributed by atoms with Gasteiger partial charge in [-0.3, -0.25) is 4.79 Å². The summed E-state index contributed by atoms with van der Waals surface area (Å²) < 4.78 is 0. The molecule has 1 aromatic carbocycles. The Hall–Kier alpha value is -1.19. The van der Waals surface area contributed by atoms with Crippen LogP contribution in [0.4, 0.5) is 0 Å². The molecular formula is C15H15Cl2NO2. The molecule has 20 heavy (non-hydrogen) atoms. The van der Waals surface area contributed by atoms with Gasteiger partial charge >= 0.3 is 5.97 Å². The Bertz CT molecular complexity index is 707. The summed E-state index contributed by atoms with van der Waals surface area (Å²) in [5.74, 6) is -0.778. The first kappa shape index (κ1) is 13.8. The van der Waals surface area contributed by atoms with Gasteiger partial charge in [-0.1, -0.05) is 30.1 Å². The lowest BCUT2D eigenvalue weighted by Crippen LogP contribution is -2.38. The highest BCUT2D eigenvalue weighted by molar-refractivity contribution is 6.40. The first-order chi connectivity index (χ1) is 9.51. The van der Waals surface area contributed by atoms with Gasteiger partial charge in [0, 0.05) is 11.1 Å². The quantitative estimate of drug-likeness (QED) is 0.855. The van der Waals surface area contributed by atoms with Gasteiger partial charge in [0.15, 0.2) is 0 Å². The van der Waals surface area contributed by atoms with Crippen LogP contribution in [0.2, 0.25) is 10.0 Å². The van der Waals surface area contributed by atoms with Gasteiger partial charge in [0.1, 0.15) is 5.41 Å². The van der Waals surface area contributed by atoms with Crippen LogP contribution < -0.4 is 0 Å². The Balaban J connectivity index is 2.39. The molecule has 0 saturated carbocycles. The first-order valence-electron chi connectivity index (χ1n) is 6.73. The first-order valence-corrected chi connectivity index (χ1v) is 7.49. The average molecular weight is 312 g/mol.